The van der Waals surface area contributed by atoms with Crippen molar-refractivity contribution in [3.63, 3.8) is 0 Å². The summed E-state index contributed by atoms with van der Waals surface area (Å²) in [4.78, 5) is 12.9. The largest absolute Gasteiger partial charge is 0.348 e. The number of nitrogens with one attached hydrogen (secondary N) is 1. The molecule has 2 rings (SSSR count). The molecule has 0 aromatic carbocycles. The Kier molecular flexibility index (Phi) is 4.77. The molecule has 0 spiro atoms. The monoisotopic (exact) mass is 260 g/mol. The maximum absolute atomic E-state index is 11.5. The molecule has 1 amide bonds. The Labute approximate surface area is 106 Å². The Hall–Kier alpha value is -0.580. The number of thiophene rings is 1. The molecule has 5 heteroatoms. The molecule has 3 N–H and O–H groups in total. The number of nitrogens with two attached hydrogens (primary N) is 1. The summed E-state index contributed by atoms with van der Waals surface area (Å²) in [6.45, 7) is 1.71. The van der Waals surface area contributed by atoms with Crippen molar-refractivity contribution in [2.45, 2.75) is 38.3 Å². The number of carbonyl (C=O) groups is 1. The molecular formula is C11H17ClN2OS. The summed E-state index contributed by atoms with van der Waals surface area (Å²) in [5.41, 5.74) is 6.83. The van der Waals surface area contributed by atoms with Crippen LogP contribution in [0.2, 0.25) is 0 Å². The smallest absolute Gasteiger partial charge is 0.237 e. The highest BCUT2D eigenvalue weighted by Gasteiger charge is 2.23. The molecule has 2 atom stereocenters. The minimum Gasteiger partial charge on any atom is -0.348 e. The molecule has 0 saturated carbocycles. The lowest BCUT2D eigenvalue weighted by molar-refractivity contribution is -0.122. The second-order valence-electron chi connectivity index (χ2n) is 4.04. The van der Waals surface area contributed by atoms with Crippen molar-refractivity contribution >= 4 is 29.7 Å². The number of halogens is 1. The van der Waals surface area contributed by atoms with Gasteiger partial charge in [0.05, 0.1) is 12.1 Å². The average molecular weight is 261 g/mol. The quantitative estimate of drug-likeness (QED) is 0.855. The summed E-state index contributed by atoms with van der Waals surface area (Å²) in [6.07, 6.45) is 3.33. The zero-order valence-electron chi connectivity index (χ0n) is 9.23. The van der Waals surface area contributed by atoms with E-state index in [1.54, 1.807) is 18.3 Å². The van der Waals surface area contributed by atoms with E-state index in [1.807, 2.05) is 0 Å². The molecule has 0 radical (unpaired) electrons. The lowest BCUT2D eigenvalue weighted by Gasteiger charge is -2.24. The van der Waals surface area contributed by atoms with E-state index in [0.717, 1.165) is 19.3 Å². The zero-order chi connectivity index (χ0) is 10.8. The van der Waals surface area contributed by atoms with Crippen molar-refractivity contribution in [2.75, 3.05) is 0 Å². The molecule has 1 aromatic rings. The lowest BCUT2D eigenvalue weighted by atomic mass is 9.94. The predicted octanol–water partition coefficient (Wildman–Crippen LogP) is 2.01. The van der Waals surface area contributed by atoms with Crippen molar-refractivity contribution in [3.05, 3.63) is 21.9 Å². The van der Waals surface area contributed by atoms with E-state index in [4.69, 9.17) is 5.73 Å². The number of hydrogen-bond acceptors (Lipinski definition) is 3. The molecule has 1 aromatic heterocycles. The normalized spacial score (nSPS) is 20.5. The Morgan fingerprint density at radius 3 is 3.12 bits per heavy atom. The summed E-state index contributed by atoms with van der Waals surface area (Å²) < 4.78 is 0. The third-order valence-electron chi connectivity index (χ3n) is 2.78. The van der Waals surface area contributed by atoms with E-state index >= 15 is 0 Å². The summed E-state index contributed by atoms with van der Waals surface area (Å²) in [7, 11) is 0. The molecule has 0 fully saturated rings. The van der Waals surface area contributed by atoms with Gasteiger partial charge in [-0.25, -0.2) is 0 Å². The minimum absolute atomic E-state index is 0. The van der Waals surface area contributed by atoms with Gasteiger partial charge in [0.1, 0.15) is 0 Å². The Balaban J connectivity index is 0.00000128. The molecule has 90 valence electrons. The van der Waals surface area contributed by atoms with Gasteiger partial charge in [-0.15, -0.1) is 23.7 Å². The van der Waals surface area contributed by atoms with Crippen molar-refractivity contribution in [3.8, 4) is 0 Å². The van der Waals surface area contributed by atoms with Gasteiger partial charge in [-0.3, -0.25) is 4.79 Å². The molecule has 3 nitrogen and oxygen atoms in total. The highest BCUT2D eigenvalue weighted by atomic mass is 35.5. The second-order valence-corrected chi connectivity index (χ2v) is 5.04. The number of rotatable bonds is 2. The van der Waals surface area contributed by atoms with Crippen LogP contribution >= 0.6 is 23.7 Å². The zero-order valence-corrected chi connectivity index (χ0v) is 10.9. The number of fused-ring (bicyclic) bond motifs is 1. The molecule has 2 unspecified atom stereocenters. The van der Waals surface area contributed by atoms with Crippen LogP contribution in [-0.2, 0) is 11.2 Å². The van der Waals surface area contributed by atoms with Gasteiger partial charge in [-0.1, -0.05) is 0 Å². The molecule has 0 bridgehead atoms. The maximum Gasteiger partial charge on any atom is 0.237 e. The first kappa shape index (κ1) is 13.5. The fourth-order valence-corrected chi connectivity index (χ4v) is 2.93. The van der Waals surface area contributed by atoms with Gasteiger partial charge in [0.15, 0.2) is 0 Å². The Bertz CT molecular complexity index is 365. The Morgan fingerprint density at radius 1 is 1.69 bits per heavy atom. The van der Waals surface area contributed by atoms with Crippen molar-refractivity contribution < 1.29 is 4.79 Å². The van der Waals surface area contributed by atoms with E-state index in [9.17, 15) is 4.79 Å². The van der Waals surface area contributed by atoms with Crippen LogP contribution in [0.3, 0.4) is 0 Å². The van der Waals surface area contributed by atoms with Crippen LogP contribution in [0.5, 0.6) is 0 Å². The van der Waals surface area contributed by atoms with Gasteiger partial charge in [-0.05, 0) is 43.2 Å². The van der Waals surface area contributed by atoms with Gasteiger partial charge >= 0.3 is 0 Å². The SMILES string of the molecule is CC(N)C(=O)NC1CCCc2sccc21.Cl. The predicted molar refractivity (Wildman–Crippen MR) is 69.0 cm³/mol. The van der Waals surface area contributed by atoms with Crippen LogP contribution in [0.4, 0.5) is 0 Å². The van der Waals surface area contributed by atoms with Gasteiger partial charge in [0, 0.05) is 4.88 Å². The number of aryl methyl sites for hydroxylation is 1. The fourth-order valence-electron chi connectivity index (χ4n) is 1.94. The topological polar surface area (TPSA) is 55.1 Å². The Morgan fingerprint density at radius 2 is 2.44 bits per heavy atom. The van der Waals surface area contributed by atoms with E-state index in [0.29, 0.717) is 0 Å². The summed E-state index contributed by atoms with van der Waals surface area (Å²) >= 11 is 1.78. The van der Waals surface area contributed by atoms with E-state index in [2.05, 4.69) is 16.8 Å². The van der Waals surface area contributed by atoms with Gasteiger partial charge in [0.2, 0.25) is 5.91 Å². The molecule has 1 aliphatic carbocycles. The standard InChI is InChI=1S/C11H16N2OS.ClH/c1-7(12)11(14)13-9-3-2-4-10-8(9)5-6-15-10;/h5-7,9H,2-4,12H2,1H3,(H,13,14);1H. The van der Waals surface area contributed by atoms with E-state index < -0.39 is 6.04 Å². The third kappa shape index (κ3) is 2.75. The molecule has 1 aliphatic rings. The highest BCUT2D eigenvalue weighted by Crippen LogP contribution is 2.33. The number of carbonyl (C=O) groups excluding carboxylic acids is 1. The summed E-state index contributed by atoms with van der Waals surface area (Å²) in [5, 5.41) is 5.10. The van der Waals surface area contributed by atoms with Crippen LogP contribution < -0.4 is 11.1 Å². The van der Waals surface area contributed by atoms with Crippen LogP contribution in [0.1, 0.15) is 36.2 Å². The first-order valence-electron chi connectivity index (χ1n) is 5.30. The summed E-state index contributed by atoms with van der Waals surface area (Å²) in [5.74, 6) is -0.0564. The van der Waals surface area contributed by atoms with Crippen molar-refractivity contribution in [2.24, 2.45) is 5.73 Å². The van der Waals surface area contributed by atoms with E-state index in [1.165, 1.54) is 10.4 Å². The molecule has 1 heterocycles. The molecule has 0 saturated heterocycles. The van der Waals surface area contributed by atoms with Gasteiger partial charge in [-0.2, -0.15) is 0 Å². The number of hydrogen-bond donors (Lipinski definition) is 2. The lowest BCUT2D eigenvalue weighted by Crippen LogP contribution is -2.40. The van der Waals surface area contributed by atoms with E-state index in [-0.39, 0.29) is 24.4 Å². The van der Waals surface area contributed by atoms with Gasteiger partial charge in [0.25, 0.3) is 0 Å². The average Bonchev–Trinajstić information content (AvgIpc) is 2.66. The molecular weight excluding hydrogens is 244 g/mol. The molecule has 0 aliphatic heterocycles. The second kappa shape index (κ2) is 5.66. The molecule has 16 heavy (non-hydrogen) atoms. The minimum atomic E-state index is -0.422. The summed E-state index contributed by atoms with van der Waals surface area (Å²) in [6, 6.07) is 1.87. The maximum atomic E-state index is 11.5. The first-order valence-corrected chi connectivity index (χ1v) is 6.18. The first-order chi connectivity index (χ1) is 7.18. The van der Waals surface area contributed by atoms with Crippen LogP contribution in [0.15, 0.2) is 11.4 Å². The van der Waals surface area contributed by atoms with Crippen LogP contribution in [0, 0.1) is 0 Å². The highest BCUT2D eigenvalue weighted by molar-refractivity contribution is 7.10. The number of amides is 1. The van der Waals surface area contributed by atoms with Crippen molar-refractivity contribution in [1.82, 2.24) is 5.32 Å². The van der Waals surface area contributed by atoms with Crippen LogP contribution in [0.25, 0.3) is 0 Å². The van der Waals surface area contributed by atoms with Gasteiger partial charge < -0.3 is 11.1 Å². The third-order valence-corrected chi connectivity index (χ3v) is 3.78. The van der Waals surface area contributed by atoms with Crippen molar-refractivity contribution in [1.29, 1.82) is 0 Å². The van der Waals surface area contributed by atoms with Crippen LogP contribution in [-0.4, -0.2) is 11.9 Å². The fraction of sp³-hybridized carbons (Fsp3) is 0.545.